The summed E-state index contributed by atoms with van der Waals surface area (Å²) in [5.74, 6) is 7.45. The molecule has 1 aromatic heterocycles. The molecule has 0 aliphatic heterocycles. The van der Waals surface area contributed by atoms with E-state index in [4.69, 9.17) is 10.6 Å². The average Bonchev–Trinajstić information content (AvgIpc) is 2.45. The lowest BCUT2D eigenvalue weighted by molar-refractivity contribution is 0.295. The Morgan fingerprint density at radius 1 is 1.15 bits per heavy atom. The van der Waals surface area contributed by atoms with Crippen molar-refractivity contribution in [3.05, 3.63) is 47.9 Å². The molecule has 2 rings (SSSR count). The Hall–Kier alpha value is -2.14. The van der Waals surface area contributed by atoms with Crippen LogP contribution >= 0.6 is 0 Å². The normalized spacial score (nSPS) is 11.2. The Balaban J connectivity index is 2.19. The molecule has 106 valence electrons. The standard InChI is InChI=1S/C15H20N4O/c1-15(2,3)12-9-13(19-16)18-14(17-12)10-20-11-7-5-4-6-8-11/h4-9H,10,16H2,1-3H3,(H,17,18,19). The van der Waals surface area contributed by atoms with Crippen molar-refractivity contribution in [2.45, 2.75) is 32.8 Å². The number of anilines is 1. The van der Waals surface area contributed by atoms with E-state index in [2.05, 4.69) is 36.2 Å². The number of aromatic nitrogens is 2. The van der Waals surface area contributed by atoms with Crippen molar-refractivity contribution in [2.24, 2.45) is 5.84 Å². The van der Waals surface area contributed by atoms with E-state index in [0.717, 1.165) is 11.4 Å². The minimum atomic E-state index is -0.0734. The van der Waals surface area contributed by atoms with Gasteiger partial charge in [-0.25, -0.2) is 15.8 Å². The van der Waals surface area contributed by atoms with Gasteiger partial charge in [-0.15, -0.1) is 0 Å². The zero-order chi connectivity index (χ0) is 14.6. The second kappa shape index (κ2) is 5.88. The minimum absolute atomic E-state index is 0.0734. The first-order chi connectivity index (χ1) is 9.49. The lowest BCUT2D eigenvalue weighted by atomic mass is 9.92. The first kappa shape index (κ1) is 14.3. The van der Waals surface area contributed by atoms with Crippen LogP contribution in [0.4, 0.5) is 5.82 Å². The molecule has 0 spiro atoms. The number of hydrogen-bond donors (Lipinski definition) is 2. The summed E-state index contributed by atoms with van der Waals surface area (Å²) in [6, 6.07) is 11.4. The molecule has 2 aromatic rings. The van der Waals surface area contributed by atoms with E-state index in [0.29, 0.717) is 18.2 Å². The highest BCUT2D eigenvalue weighted by Gasteiger charge is 2.18. The van der Waals surface area contributed by atoms with Gasteiger partial charge in [0, 0.05) is 11.5 Å². The van der Waals surface area contributed by atoms with Gasteiger partial charge < -0.3 is 10.2 Å². The van der Waals surface area contributed by atoms with Gasteiger partial charge in [0.1, 0.15) is 18.2 Å². The smallest absolute Gasteiger partial charge is 0.168 e. The van der Waals surface area contributed by atoms with Gasteiger partial charge in [-0.1, -0.05) is 39.0 Å². The lowest BCUT2D eigenvalue weighted by Crippen LogP contribution is -2.19. The fourth-order valence-electron chi connectivity index (χ4n) is 1.68. The Labute approximate surface area is 119 Å². The Bertz CT molecular complexity index is 564. The summed E-state index contributed by atoms with van der Waals surface area (Å²) in [4.78, 5) is 8.84. The van der Waals surface area contributed by atoms with Gasteiger partial charge in [0.15, 0.2) is 5.82 Å². The molecule has 0 unspecified atom stereocenters. The zero-order valence-electron chi connectivity index (χ0n) is 12.1. The molecule has 20 heavy (non-hydrogen) atoms. The number of benzene rings is 1. The van der Waals surface area contributed by atoms with Crippen LogP contribution < -0.4 is 16.0 Å². The third kappa shape index (κ3) is 3.68. The molecule has 0 aliphatic carbocycles. The zero-order valence-corrected chi connectivity index (χ0v) is 12.1. The summed E-state index contributed by atoms with van der Waals surface area (Å²) in [6.45, 7) is 6.59. The van der Waals surface area contributed by atoms with Gasteiger partial charge in [0.2, 0.25) is 0 Å². The molecule has 0 bridgehead atoms. The lowest BCUT2D eigenvalue weighted by Gasteiger charge is -2.19. The Morgan fingerprint density at radius 2 is 1.85 bits per heavy atom. The van der Waals surface area contributed by atoms with Gasteiger partial charge in [0.25, 0.3) is 0 Å². The maximum absolute atomic E-state index is 5.67. The number of hydrazine groups is 1. The van der Waals surface area contributed by atoms with Crippen molar-refractivity contribution >= 4 is 5.82 Å². The van der Waals surface area contributed by atoms with E-state index >= 15 is 0 Å². The van der Waals surface area contributed by atoms with Crippen LogP contribution in [-0.4, -0.2) is 9.97 Å². The minimum Gasteiger partial charge on any atom is -0.486 e. The number of nitrogen functional groups attached to an aromatic ring is 1. The molecular weight excluding hydrogens is 252 g/mol. The molecule has 0 aliphatic rings. The summed E-state index contributed by atoms with van der Waals surface area (Å²) in [6.07, 6.45) is 0. The number of para-hydroxylation sites is 1. The monoisotopic (exact) mass is 272 g/mol. The summed E-state index contributed by atoms with van der Waals surface area (Å²) in [7, 11) is 0. The van der Waals surface area contributed by atoms with Crippen LogP contribution in [0.5, 0.6) is 5.75 Å². The Kier molecular flexibility index (Phi) is 4.20. The van der Waals surface area contributed by atoms with Crippen LogP contribution in [0.15, 0.2) is 36.4 Å². The van der Waals surface area contributed by atoms with Gasteiger partial charge >= 0.3 is 0 Å². The molecule has 5 nitrogen and oxygen atoms in total. The van der Waals surface area contributed by atoms with Crippen LogP contribution in [0.25, 0.3) is 0 Å². The van der Waals surface area contributed by atoms with Crippen molar-refractivity contribution in [3.8, 4) is 5.75 Å². The fourth-order valence-corrected chi connectivity index (χ4v) is 1.68. The molecule has 1 aromatic carbocycles. The summed E-state index contributed by atoms with van der Waals surface area (Å²) in [5.41, 5.74) is 3.42. The molecule has 0 radical (unpaired) electrons. The molecule has 0 fully saturated rings. The van der Waals surface area contributed by atoms with E-state index in [1.807, 2.05) is 36.4 Å². The van der Waals surface area contributed by atoms with Crippen LogP contribution in [0, 0.1) is 0 Å². The first-order valence-corrected chi connectivity index (χ1v) is 6.52. The quantitative estimate of drug-likeness (QED) is 0.661. The summed E-state index contributed by atoms with van der Waals surface area (Å²) in [5, 5.41) is 0. The molecule has 0 atom stereocenters. The van der Waals surface area contributed by atoms with E-state index in [9.17, 15) is 0 Å². The topological polar surface area (TPSA) is 73.1 Å². The highest BCUT2D eigenvalue weighted by Crippen LogP contribution is 2.22. The average molecular weight is 272 g/mol. The largest absolute Gasteiger partial charge is 0.486 e. The van der Waals surface area contributed by atoms with Crippen molar-refractivity contribution in [1.29, 1.82) is 0 Å². The second-order valence-electron chi connectivity index (χ2n) is 5.55. The van der Waals surface area contributed by atoms with Gasteiger partial charge in [-0.3, -0.25) is 0 Å². The maximum Gasteiger partial charge on any atom is 0.168 e. The van der Waals surface area contributed by atoms with Gasteiger partial charge in [0.05, 0.1) is 5.69 Å². The highest BCUT2D eigenvalue weighted by atomic mass is 16.5. The van der Waals surface area contributed by atoms with Crippen molar-refractivity contribution < 1.29 is 4.74 Å². The number of hydrogen-bond acceptors (Lipinski definition) is 5. The third-order valence-corrected chi connectivity index (χ3v) is 2.80. The molecule has 0 amide bonds. The molecule has 0 saturated carbocycles. The summed E-state index contributed by atoms with van der Waals surface area (Å²) < 4.78 is 5.67. The number of nitrogens with one attached hydrogen (secondary N) is 1. The molecule has 5 heteroatoms. The summed E-state index contributed by atoms with van der Waals surface area (Å²) >= 11 is 0. The first-order valence-electron chi connectivity index (χ1n) is 6.52. The predicted octanol–water partition coefficient (Wildman–Crippen LogP) is 2.64. The van der Waals surface area contributed by atoms with E-state index in [1.165, 1.54) is 0 Å². The maximum atomic E-state index is 5.67. The van der Waals surface area contributed by atoms with E-state index < -0.39 is 0 Å². The van der Waals surface area contributed by atoms with Crippen molar-refractivity contribution in [1.82, 2.24) is 9.97 Å². The number of nitrogens with zero attached hydrogens (tertiary/aromatic N) is 2. The van der Waals surface area contributed by atoms with Gasteiger partial charge in [-0.2, -0.15) is 0 Å². The van der Waals surface area contributed by atoms with E-state index in [1.54, 1.807) is 0 Å². The predicted molar refractivity (Wildman–Crippen MR) is 79.3 cm³/mol. The molecule has 3 N–H and O–H groups in total. The molecular formula is C15H20N4O. The fraction of sp³-hybridized carbons (Fsp3) is 0.333. The van der Waals surface area contributed by atoms with Crippen LogP contribution in [-0.2, 0) is 12.0 Å². The Morgan fingerprint density at radius 3 is 2.45 bits per heavy atom. The van der Waals surface area contributed by atoms with E-state index in [-0.39, 0.29) is 5.41 Å². The highest BCUT2D eigenvalue weighted by molar-refractivity contribution is 5.36. The van der Waals surface area contributed by atoms with Crippen LogP contribution in [0.3, 0.4) is 0 Å². The van der Waals surface area contributed by atoms with Crippen molar-refractivity contribution in [3.63, 3.8) is 0 Å². The number of ether oxygens (including phenoxy) is 1. The van der Waals surface area contributed by atoms with Crippen LogP contribution in [0.1, 0.15) is 32.3 Å². The van der Waals surface area contributed by atoms with Crippen LogP contribution in [0.2, 0.25) is 0 Å². The molecule has 1 heterocycles. The third-order valence-electron chi connectivity index (χ3n) is 2.80. The van der Waals surface area contributed by atoms with Gasteiger partial charge in [-0.05, 0) is 12.1 Å². The SMILES string of the molecule is CC(C)(C)c1cc(NN)nc(COc2ccccc2)n1. The second-order valence-corrected chi connectivity index (χ2v) is 5.55. The molecule has 0 saturated heterocycles. The number of nitrogens with two attached hydrogens (primary N) is 1. The van der Waals surface area contributed by atoms with Crippen molar-refractivity contribution in [2.75, 3.05) is 5.43 Å². The number of rotatable bonds is 4.